The maximum absolute atomic E-state index is 6.08. The van der Waals surface area contributed by atoms with Crippen LogP contribution < -0.4 is 15.4 Å². The van der Waals surface area contributed by atoms with Crippen molar-refractivity contribution in [2.45, 2.75) is 39.4 Å². The Morgan fingerprint density at radius 2 is 1.94 bits per heavy atom. The molecule has 32 heavy (non-hydrogen) atoms. The van der Waals surface area contributed by atoms with Crippen molar-refractivity contribution < 1.29 is 4.74 Å². The number of benzene rings is 2. The Morgan fingerprint density at radius 1 is 1.12 bits per heavy atom. The average Bonchev–Trinajstić information content (AvgIpc) is 3.48. The van der Waals surface area contributed by atoms with Gasteiger partial charge >= 0.3 is 0 Å². The minimum atomic E-state index is 0. The van der Waals surface area contributed by atoms with E-state index in [-0.39, 0.29) is 24.0 Å². The van der Waals surface area contributed by atoms with Crippen LogP contribution in [-0.2, 0) is 19.6 Å². The van der Waals surface area contributed by atoms with E-state index in [1.807, 2.05) is 4.68 Å². The van der Waals surface area contributed by atoms with Gasteiger partial charge in [0, 0.05) is 25.7 Å². The number of aryl methyl sites for hydroxylation is 1. The second-order valence-electron chi connectivity index (χ2n) is 8.06. The summed E-state index contributed by atoms with van der Waals surface area (Å²) in [4.78, 5) is 8.36. The normalized spacial score (nSPS) is 13.4. The highest BCUT2D eigenvalue weighted by Crippen LogP contribution is 2.30. The molecule has 0 spiro atoms. The summed E-state index contributed by atoms with van der Waals surface area (Å²) in [5, 5.41) is 11.0. The Balaban J connectivity index is 0.00000289. The van der Waals surface area contributed by atoms with Crippen molar-refractivity contribution in [3.05, 3.63) is 77.4 Å². The van der Waals surface area contributed by atoms with Crippen LogP contribution in [0.3, 0.4) is 0 Å². The van der Waals surface area contributed by atoms with Crippen LogP contribution in [0, 0.1) is 12.8 Å². The quantitative estimate of drug-likeness (QED) is 0.242. The summed E-state index contributed by atoms with van der Waals surface area (Å²) in [5.74, 6) is 2.46. The molecule has 0 amide bonds. The van der Waals surface area contributed by atoms with Crippen LogP contribution in [-0.4, -0.2) is 34.4 Å². The van der Waals surface area contributed by atoms with Crippen molar-refractivity contribution in [1.29, 1.82) is 0 Å². The number of guanidine groups is 1. The summed E-state index contributed by atoms with van der Waals surface area (Å²) in [6.45, 7) is 4.96. The second-order valence-corrected chi connectivity index (χ2v) is 8.06. The SMILES string of the molecule is CN=C(NCc1cccc(Cn2cncn2)c1)NCc1ccc(C)cc1OCC1CC1.I. The van der Waals surface area contributed by atoms with Gasteiger partial charge < -0.3 is 15.4 Å². The van der Waals surface area contributed by atoms with Gasteiger partial charge in [-0.25, -0.2) is 9.67 Å². The molecule has 170 valence electrons. The molecule has 2 N–H and O–H groups in total. The van der Waals surface area contributed by atoms with E-state index < -0.39 is 0 Å². The maximum atomic E-state index is 6.08. The average molecular weight is 546 g/mol. The predicted octanol–water partition coefficient (Wildman–Crippen LogP) is 3.91. The Kier molecular flexibility index (Phi) is 8.90. The standard InChI is InChI=1S/C24H30N6O.HI/c1-18-6-9-22(23(10-18)31-15-19-7-8-19)13-28-24(25-2)27-12-20-4-3-5-21(11-20)14-30-17-26-16-29-30;/h3-6,9-11,16-17,19H,7-8,12-15H2,1-2H3,(H2,25,27,28);1H. The molecular formula is C24H31IN6O. The zero-order valence-electron chi connectivity index (χ0n) is 18.6. The molecule has 1 saturated carbocycles. The summed E-state index contributed by atoms with van der Waals surface area (Å²) in [6.07, 6.45) is 5.86. The summed E-state index contributed by atoms with van der Waals surface area (Å²) in [6, 6.07) is 14.8. The minimum absolute atomic E-state index is 0. The molecule has 2 aromatic carbocycles. The number of nitrogens with zero attached hydrogens (tertiary/aromatic N) is 4. The van der Waals surface area contributed by atoms with Crippen molar-refractivity contribution in [2.24, 2.45) is 10.9 Å². The van der Waals surface area contributed by atoms with Crippen molar-refractivity contribution in [1.82, 2.24) is 25.4 Å². The van der Waals surface area contributed by atoms with E-state index >= 15 is 0 Å². The van der Waals surface area contributed by atoms with Crippen LogP contribution >= 0.6 is 24.0 Å². The van der Waals surface area contributed by atoms with Gasteiger partial charge in [-0.3, -0.25) is 4.99 Å². The summed E-state index contributed by atoms with van der Waals surface area (Å²) in [7, 11) is 1.79. The van der Waals surface area contributed by atoms with Gasteiger partial charge in [0.25, 0.3) is 0 Å². The zero-order valence-corrected chi connectivity index (χ0v) is 21.0. The largest absolute Gasteiger partial charge is 0.493 e. The van der Waals surface area contributed by atoms with E-state index in [2.05, 4.69) is 75.1 Å². The molecule has 1 aliphatic carbocycles. The summed E-state index contributed by atoms with van der Waals surface area (Å²) < 4.78 is 7.90. The molecule has 7 nitrogen and oxygen atoms in total. The van der Waals surface area contributed by atoms with Gasteiger partial charge in [-0.1, -0.05) is 36.4 Å². The Bertz CT molecular complexity index is 1020. The third-order valence-electron chi connectivity index (χ3n) is 5.33. The minimum Gasteiger partial charge on any atom is -0.493 e. The van der Waals surface area contributed by atoms with Crippen LogP contribution in [0.5, 0.6) is 5.75 Å². The van der Waals surface area contributed by atoms with E-state index in [1.165, 1.54) is 29.5 Å². The Hall–Kier alpha value is -2.62. The number of aliphatic imine (C=N–C) groups is 1. The summed E-state index contributed by atoms with van der Waals surface area (Å²) in [5.41, 5.74) is 4.72. The zero-order chi connectivity index (χ0) is 21.5. The first kappa shape index (κ1) is 24.0. The number of aromatic nitrogens is 3. The molecule has 0 unspecified atom stereocenters. The fraction of sp³-hybridized carbons (Fsp3) is 0.375. The molecule has 0 saturated heterocycles. The topological polar surface area (TPSA) is 76.4 Å². The number of ether oxygens (including phenoxy) is 1. The van der Waals surface area contributed by atoms with Crippen LogP contribution in [0.1, 0.15) is 35.1 Å². The molecule has 0 radical (unpaired) electrons. The van der Waals surface area contributed by atoms with Crippen LogP contribution in [0.25, 0.3) is 0 Å². The number of rotatable bonds is 9. The fourth-order valence-electron chi connectivity index (χ4n) is 3.36. The molecule has 4 rings (SSSR count). The lowest BCUT2D eigenvalue weighted by atomic mass is 10.1. The van der Waals surface area contributed by atoms with Crippen molar-refractivity contribution in [3.8, 4) is 5.75 Å². The maximum Gasteiger partial charge on any atom is 0.191 e. The van der Waals surface area contributed by atoms with E-state index in [0.29, 0.717) is 19.6 Å². The number of nitrogens with one attached hydrogen (secondary N) is 2. The Morgan fingerprint density at radius 3 is 2.69 bits per heavy atom. The molecule has 0 aliphatic heterocycles. The molecule has 8 heteroatoms. The highest BCUT2D eigenvalue weighted by molar-refractivity contribution is 14.0. The smallest absolute Gasteiger partial charge is 0.191 e. The van der Waals surface area contributed by atoms with E-state index in [4.69, 9.17) is 4.74 Å². The lowest BCUT2D eigenvalue weighted by Gasteiger charge is -2.16. The van der Waals surface area contributed by atoms with Crippen LogP contribution in [0.4, 0.5) is 0 Å². The van der Waals surface area contributed by atoms with Gasteiger partial charge in [0.15, 0.2) is 5.96 Å². The second kappa shape index (κ2) is 11.8. The van der Waals surface area contributed by atoms with Crippen molar-refractivity contribution in [3.63, 3.8) is 0 Å². The first-order valence-corrected chi connectivity index (χ1v) is 10.8. The van der Waals surface area contributed by atoms with Crippen molar-refractivity contribution in [2.75, 3.05) is 13.7 Å². The molecule has 1 heterocycles. The van der Waals surface area contributed by atoms with Gasteiger partial charge in [-0.15, -0.1) is 24.0 Å². The molecule has 0 atom stereocenters. The highest BCUT2D eigenvalue weighted by atomic mass is 127. The third kappa shape index (κ3) is 7.22. The van der Waals surface area contributed by atoms with Crippen molar-refractivity contribution >= 4 is 29.9 Å². The molecule has 1 fully saturated rings. The van der Waals surface area contributed by atoms with Gasteiger partial charge in [0.2, 0.25) is 0 Å². The third-order valence-corrected chi connectivity index (χ3v) is 5.33. The molecule has 1 aliphatic rings. The Labute approximate surface area is 206 Å². The molecule has 1 aromatic heterocycles. The molecule has 3 aromatic rings. The van der Waals surface area contributed by atoms with Gasteiger partial charge in [0.1, 0.15) is 18.4 Å². The van der Waals surface area contributed by atoms with E-state index in [0.717, 1.165) is 29.8 Å². The highest BCUT2D eigenvalue weighted by Gasteiger charge is 2.22. The summed E-state index contributed by atoms with van der Waals surface area (Å²) >= 11 is 0. The monoisotopic (exact) mass is 546 g/mol. The molecule has 0 bridgehead atoms. The number of hydrogen-bond donors (Lipinski definition) is 2. The first-order valence-electron chi connectivity index (χ1n) is 10.8. The first-order chi connectivity index (χ1) is 15.2. The fourth-order valence-corrected chi connectivity index (χ4v) is 3.36. The molecular weight excluding hydrogens is 515 g/mol. The van der Waals surface area contributed by atoms with Gasteiger partial charge in [-0.05, 0) is 48.4 Å². The van der Waals surface area contributed by atoms with Crippen LogP contribution in [0.15, 0.2) is 60.1 Å². The van der Waals surface area contributed by atoms with E-state index in [1.54, 1.807) is 19.7 Å². The van der Waals surface area contributed by atoms with Gasteiger partial charge in [0.05, 0.1) is 13.2 Å². The number of halogens is 1. The van der Waals surface area contributed by atoms with Crippen LogP contribution in [0.2, 0.25) is 0 Å². The van der Waals surface area contributed by atoms with Gasteiger partial charge in [-0.2, -0.15) is 5.10 Å². The lowest BCUT2D eigenvalue weighted by Crippen LogP contribution is -2.36. The lowest BCUT2D eigenvalue weighted by molar-refractivity contribution is 0.296. The predicted molar refractivity (Wildman–Crippen MR) is 137 cm³/mol. The number of hydrogen-bond acceptors (Lipinski definition) is 4. The van der Waals surface area contributed by atoms with E-state index in [9.17, 15) is 0 Å².